The molecule has 4 heteroatoms. The maximum absolute atomic E-state index is 6.01. The Morgan fingerprint density at radius 1 is 1.50 bits per heavy atom. The smallest absolute Gasteiger partial charge is 0.195 e. The number of rotatable bonds is 3. The lowest BCUT2D eigenvalue weighted by Gasteiger charge is -2.06. The van der Waals surface area contributed by atoms with E-state index in [0.717, 1.165) is 23.7 Å². The molecule has 0 bridgehead atoms. The minimum atomic E-state index is 0.711. The third-order valence-electron chi connectivity index (χ3n) is 2.05. The van der Waals surface area contributed by atoms with E-state index < -0.39 is 0 Å². The lowest BCUT2D eigenvalue weighted by molar-refractivity contribution is 0.308. The highest BCUT2D eigenvalue weighted by molar-refractivity contribution is 6.31. The normalized spacial score (nSPS) is 13.9. The fraction of sp³-hybridized carbons (Fsp3) is 0.300. The molecule has 72 valence electrons. The molecule has 0 saturated carbocycles. The van der Waals surface area contributed by atoms with Gasteiger partial charge in [0.25, 0.3) is 0 Å². The van der Waals surface area contributed by atoms with Gasteiger partial charge in [0, 0.05) is 5.02 Å². The van der Waals surface area contributed by atoms with Crippen LogP contribution in [0.4, 0.5) is 0 Å². The van der Waals surface area contributed by atoms with Crippen molar-refractivity contribution in [3.05, 3.63) is 39.7 Å². The number of hydrogen-bond acceptors (Lipinski definition) is 2. The van der Waals surface area contributed by atoms with Crippen LogP contribution in [0.25, 0.3) is 4.85 Å². The van der Waals surface area contributed by atoms with Gasteiger partial charge in [0.05, 0.1) is 6.54 Å². The van der Waals surface area contributed by atoms with Crippen LogP contribution >= 0.6 is 11.6 Å². The predicted molar refractivity (Wildman–Crippen MR) is 57.1 cm³/mol. The second-order valence-corrected chi connectivity index (χ2v) is 3.47. The number of halogens is 1. The zero-order valence-corrected chi connectivity index (χ0v) is 8.46. The minimum Gasteiger partial charge on any atom is -0.195 e. The summed E-state index contributed by atoms with van der Waals surface area (Å²) in [6.07, 6.45) is 2.85. The van der Waals surface area contributed by atoms with Gasteiger partial charge in [-0.15, -0.1) is 10.4 Å². The molecule has 0 amide bonds. The van der Waals surface area contributed by atoms with E-state index in [4.69, 9.17) is 11.6 Å². The number of nitrogens with one attached hydrogen (secondary N) is 1. The minimum absolute atomic E-state index is 0.711. The van der Waals surface area contributed by atoms with Gasteiger partial charge in [-0.05, 0) is 11.6 Å². The van der Waals surface area contributed by atoms with Crippen LogP contribution in [0.3, 0.4) is 0 Å². The maximum atomic E-state index is 6.01. The summed E-state index contributed by atoms with van der Waals surface area (Å²) in [6, 6.07) is 7.79. The van der Waals surface area contributed by atoms with Gasteiger partial charge < -0.3 is 0 Å². The average molecular weight is 209 g/mol. The van der Waals surface area contributed by atoms with E-state index in [1.54, 1.807) is 0 Å². The maximum Gasteiger partial charge on any atom is 0.391 e. The third kappa shape index (κ3) is 2.16. The van der Waals surface area contributed by atoms with Crippen molar-refractivity contribution in [3.63, 3.8) is 0 Å². The Balaban J connectivity index is 1.92. The monoisotopic (exact) mass is 208 g/mol. The standard InChI is InChI=1S/C10H11ClN3/c11-10-4-2-1-3-9(10)7-13-14-6-5-12-8-14/h1-4,13H,5-7H2/q+1. The molecular weight excluding hydrogens is 198 g/mol. The van der Waals surface area contributed by atoms with Crippen LogP contribution in [0.1, 0.15) is 5.56 Å². The molecule has 0 spiro atoms. The van der Waals surface area contributed by atoms with E-state index in [1.165, 1.54) is 0 Å². The summed E-state index contributed by atoms with van der Waals surface area (Å²) in [5.41, 5.74) is 4.27. The average Bonchev–Trinajstić information content (AvgIpc) is 2.69. The molecule has 1 N–H and O–H groups in total. The van der Waals surface area contributed by atoms with Crippen LogP contribution < -0.4 is 5.43 Å². The van der Waals surface area contributed by atoms with Crippen LogP contribution in [0, 0.1) is 6.19 Å². The predicted octanol–water partition coefficient (Wildman–Crippen LogP) is 1.95. The molecule has 0 radical (unpaired) electrons. The van der Waals surface area contributed by atoms with Crippen LogP contribution in [0.15, 0.2) is 24.3 Å². The molecule has 1 aromatic rings. The van der Waals surface area contributed by atoms with Gasteiger partial charge in [0.1, 0.15) is 0 Å². The summed E-state index contributed by atoms with van der Waals surface area (Å²) in [4.78, 5) is 3.98. The van der Waals surface area contributed by atoms with Gasteiger partial charge in [0.2, 0.25) is 6.54 Å². The highest BCUT2D eigenvalue weighted by Gasteiger charge is 2.15. The van der Waals surface area contributed by atoms with Crippen molar-refractivity contribution in [3.8, 4) is 6.19 Å². The Labute approximate surface area is 88.1 Å². The third-order valence-corrected chi connectivity index (χ3v) is 2.41. The number of benzene rings is 1. The van der Waals surface area contributed by atoms with Crippen LogP contribution in [0.5, 0.6) is 0 Å². The Morgan fingerprint density at radius 2 is 2.36 bits per heavy atom. The van der Waals surface area contributed by atoms with Crippen LogP contribution in [0.2, 0.25) is 5.02 Å². The van der Waals surface area contributed by atoms with E-state index in [1.807, 2.05) is 29.3 Å². The Hall–Kier alpha value is -1.24. The van der Waals surface area contributed by atoms with Crippen LogP contribution in [-0.4, -0.2) is 18.1 Å². The highest BCUT2D eigenvalue weighted by Crippen LogP contribution is 2.14. The fourth-order valence-electron chi connectivity index (χ4n) is 1.27. The SMILES string of the molecule is Clc1ccccc1CNN1C#[N+]CC1. The lowest BCUT2D eigenvalue weighted by atomic mass is 10.2. The fourth-order valence-corrected chi connectivity index (χ4v) is 1.47. The quantitative estimate of drug-likeness (QED) is 0.767. The zero-order valence-electron chi connectivity index (χ0n) is 7.70. The Kier molecular flexibility index (Phi) is 2.87. The second-order valence-electron chi connectivity index (χ2n) is 3.06. The summed E-state index contributed by atoms with van der Waals surface area (Å²) in [5.74, 6) is 0. The number of hydrazine groups is 1. The summed E-state index contributed by atoms with van der Waals surface area (Å²) < 4.78 is 0. The van der Waals surface area contributed by atoms with Crippen molar-refractivity contribution in [2.24, 2.45) is 0 Å². The van der Waals surface area contributed by atoms with Crippen molar-refractivity contribution in [1.82, 2.24) is 10.4 Å². The molecule has 14 heavy (non-hydrogen) atoms. The van der Waals surface area contributed by atoms with E-state index in [9.17, 15) is 0 Å². The molecule has 1 heterocycles. The Morgan fingerprint density at radius 3 is 3.07 bits per heavy atom. The molecule has 0 aromatic heterocycles. The molecule has 0 fully saturated rings. The molecule has 1 aromatic carbocycles. The Bertz CT molecular complexity index is 380. The topological polar surface area (TPSA) is 19.6 Å². The van der Waals surface area contributed by atoms with E-state index in [2.05, 4.69) is 16.5 Å². The van der Waals surface area contributed by atoms with Crippen LogP contribution in [-0.2, 0) is 6.54 Å². The molecule has 0 saturated heterocycles. The molecule has 3 nitrogen and oxygen atoms in total. The van der Waals surface area contributed by atoms with Crippen molar-refractivity contribution in [2.45, 2.75) is 6.54 Å². The zero-order chi connectivity index (χ0) is 9.80. The van der Waals surface area contributed by atoms with Crippen molar-refractivity contribution in [2.75, 3.05) is 13.1 Å². The van der Waals surface area contributed by atoms with Gasteiger partial charge in [-0.3, -0.25) is 0 Å². The summed E-state index contributed by atoms with van der Waals surface area (Å²) in [7, 11) is 0. The molecule has 0 unspecified atom stereocenters. The molecule has 1 aliphatic rings. The van der Waals surface area contributed by atoms with E-state index >= 15 is 0 Å². The van der Waals surface area contributed by atoms with Gasteiger partial charge in [0.15, 0.2) is 6.54 Å². The second kappa shape index (κ2) is 4.32. The summed E-state index contributed by atoms with van der Waals surface area (Å²) >= 11 is 6.01. The first-order chi connectivity index (χ1) is 6.86. The first-order valence-electron chi connectivity index (χ1n) is 4.53. The molecule has 1 aliphatic heterocycles. The van der Waals surface area contributed by atoms with Gasteiger partial charge >= 0.3 is 6.19 Å². The lowest BCUT2D eigenvalue weighted by Crippen LogP contribution is -2.32. The van der Waals surface area contributed by atoms with Crippen molar-refractivity contribution >= 4 is 11.6 Å². The first kappa shape index (κ1) is 9.32. The molecule has 2 rings (SSSR count). The molecule has 0 atom stereocenters. The van der Waals surface area contributed by atoms with Crippen molar-refractivity contribution in [1.29, 1.82) is 0 Å². The van der Waals surface area contributed by atoms with Gasteiger partial charge in [-0.2, -0.15) is 4.85 Å². The summed E-state index contributed by atoms with van der Waals surface area (Å²) in [5, 5.41) is 2.64. The summed E-state index contributed by atoms with van der Waals surface area (Å²) in [6.45, 7) is 2.40. The van der Waals surface area contributed by atoms with Gasteiger partial charge in [-0.1, -0.05) is 29.8 Å². The number of nitrogens with zero attached hydrogens (tertiary/aromatic N) is 2. The van der Waals surface area contributed by atoms with E-state index in [-0.39, 0.29) is 0 Å². The number of hydrogen-bond donors (Lipinski definition) is 1. The van der Waals surface area contributed by atoms with Gasteiger partial charge in [-0.25, -0.2) is 0 Å². The van der Waals surface area contributed by atoms with E-state index in [0.29, 0.717) is 6.54 Å². The first-order valence-corrected chi connectivity index (χ1v) is 4.90. The highest BCUT2D eigenvalue weighted by atomic mass is 35.5. The van der Waals surface area contributed by atoms with Crippen molar-refractivity contribution < 1.29 is 0 Å². The largest absolute Gasteiger partial charge is 0.391 e. The molecular formula is C10H11ClN3+. The molecule has 0 aliphatic carbocycles.